The van der Waals surface area contributed by atoms with E-state index >= 15 is 0 Å². The van der Waals surface area contributed by atoms with Crippen molar-refractivity contribution in [1.29, 1.82) is 0 Å². The molecule has 1 aromatic carbocycles. The van der Waals surface area contributed by atoms with Crippen LogP contribution in [0.15, 0.2) is 22.7 Å². The second-order valence-electron chi connectivity index (χ2n) is 4.90. The van der Waals surface area contributed by atoms with Crippen molar-refractivity contribution in [3.05, 3.63) is 28.2 Å². The van der Waals surface area contributed by atoms with Crippen molar-refractivity contribution in [2.45, 2.75) is 31.7 Å². The maximum absolute atomic E-state index is 12.6. The van der Waals surface area contributed by atoms with Gasteiger partial charge in [0.15, 0.2) is 0 Å². The molecule has 1 saturated carbocycles. The van der Waals surface area contributed by atoms with Gasteiger partial charge in [0, 0.05) is 22.7 Å². The molecule has 1 amide bonds. The summed E-state index contributed by atoms with van der Waals surface area (Å²) in [6.07, 6.45) is 4.34. The zero-order chi connectivity index (χ0) is 13.8. The minimum atomic E-state index is -0.0554. The lowest BCUT2D eigenvalue weighted by Crippen LogP contribution is -2.40. The average molecular weight is 327 g/mol. The summed E-state index contributed by atoms with van der Waals surface area (Å²) >= 11 is 3.39. The van der Waals surface area contributed by atoms with Gasteiger partial charge in [-0.25, -0.2) is 0 Å². The van der Waals surface area contributed by atoms with Crippen LogP contribution in [0.2, 0.25) is 0 Å². The molecule has 1 fully saturated rings. The molecule has 1 aromatic rings. The van der Waals surface area contributed by atoms with Crippen molar-refractivity contribution in [3.8, 4) is 0 Å². The van der Waals surface area contributed by atoms with Gasteiger partial charge in [-0.05, 0) is 47.0 Å². The third kappa shape index (κ3) is 3.28. The smallest absolute Gasteiger partial charge is 0.255 e. The fourth-order valence-electron chi connectivity index (χ4n) is 2.64. The number of carbonyl (C=O) groups excluding carboxylic acids is 1. The van der Waals surface area contributed by atoms with Crippen LogP contribution >= 0.6 is 15.9 Å². The third-order valence-corrected chi connectivity index (χ3v) is 4.28. The number of hydrogen-bond donors (Lipinski definition) is 2. The Morgan fingerprint density at radius 3 is 2.74 bits per heavy atom. The lowest BCUT2D eigenvalue weighted by molar-refractivity contribution is 0.0637. The van der Waals surface area contributed by atoms with Crippen molar-refractivity contribution in [2.24, 2.45) is 0 Å². The zero-order valence-electron chi connectivity index (χ0n) is 10.8. The highest BCUT2D eigenvalue weighted by atomic mass is 79.9. The van der Waals surface area contributed by atoms with E-state index in [-0.39, 0.29) is 18.6 Å². The molecule has 0 aromatic heterocycles. The van der Waals surface area contributed by atoms with E-state index in [1.165, 1.54) is 0 Å². The van der Waals surface area contributed by atoms with Crippen LogP contribution in [0.1, 0.15) is 36.0 Å². The molecule has 0 saturated heterocycles. The number of anilines is 1. The van der Waals surface area contributed by atoms with E-state index in [9.17, 15) is 9.90 Å². The predicted molar refractivity (Wildman–Crippen MR) is 78.9 cm³/mol. The van der Waals surface area contributed by atoms with Gasteiger partial charge in [0.1, 0.15) is 0 Å². The molecule has 1 aliphatic carbocycles. The van der Waals surface area contributed by atoms with Gasteiger partial charge in [-0.3, -0.25) is 4.79 Å². The SMILES string of the molecule is Nc1ccc(Br)c(C(=O)N(CCO)C2CCCC2)c1. The van der Waals surface area contributed by atoms with Gasteiger partial charge in [0.2, 0.25) is 0 Å². The van der Waals surface area contributed by atoms with E-state index in [1.807, 2.05) is 0 Å². The second-order valence-corrected chi connectivity index (χ2v) is 5.75. The van der Waals surface area contributed by atoms with Gasteiger partial charge in [-0.1, -0.05) is 12.8 Å². The molecule has 19 heavy (non-hydrogen) atoms. The number of nitrogen functional groups attached to an aromatic ring is 1. The van der Waals surface area contributed by atoms with Crippen LogP contribution in [0.25, 0.3) is 0 Å². The fraction of sp³-hybridized carbons (Fsp3) is 0.500. The standard InChI is InChI=1S/C14H19BrN2O2/c15-13-6-5-10(16)9-12(13)14(19)17(7-8-18)11-3-1-2-4-11/h5-6,9,11,18H,1-4,7-8,16H2. The first-order valence-electron chi connectivity index (χ1n) is 6.60. The van der Waals surface area contributed by atoms with Crippen molar-refractivity contribution in [3.63, 3.8) is 0 Å². The van der Waals surface area contributed by atoms with E-state index < -0.39 is 0 Å². The van der Waals surface area contributed by atoms with Gasteiger partial charge < -0.3 is 15.7 Å². The number of carbonyl (C=O) groups is 1. The van der Waals surface area contributed by atoms with E-state index in [1.54, 1.807) is 23.1 Å². The van der Waals surface area contributed by atoms with Crippen LogP contribution < -0.4 is 5.73 Å². The molecule has 0 radical (unpaired) electrons. The fourth-order valence-corrected chi connectivity index (χ4v) is 3.05. The Hall–Kier alpha value is -1.07. The number of aliphatic hydroxyl groups excluding tert-OH is 1. The molecule has 0 heterocycles. The predicted octanol–water partition coefficient (Wildman–Crippen LogP) is 2.41. The summed E-state index contributed by atoms with van der Waals surface area (Å²) in [6, 6.07) is 5.47. The van der Waals surface area contributed by atoms with Crippen molar-refractivity contribution in [1.82, 2.24) is 4.90 Å². The Morgan fingerprint density at radius 1 is 1.42 bits per heavy atom. The maximum atomic E-state index is 12.6. The van der Waals surface area contributed by atoms with Crippen LogP contribution in [0.4, 0.5) is 5.69 Å². The van der Waals surface area contributed by atoms with Gasteiger partial charge in [-0.2, -0.15) is 0 Å². The van der Waals surface area contributed by atoms with Crippen molar-refractivity contribution in [2.75, 3.05) is 18.9 Å². The quantitative estimate of drug-likeness (QED) is 0.835. The molecule has 0 unspecified atom stereocenters. The topological polar surface area (TPSA) is 66.6 Å². The molecular weight excluding hydrogens is 308 g/mol. The summed E-state index contributed by atoms with van der Waals surface area (Å²) in [7, 11) is 0. The van der Waals surface area contributed by atoms with E-state index in [2.05, 4.69) is 15.9 Å². The van der Waals surface area contributed by atoms with Gasteiger partial charge in [-0.15, -0.1) is 0 Å². The molecule has 1 aliphatic rings. The first kappa shape index (κ1) is 14.3. The van der Waals surface area contributed by atoms with Crippen molar-refractivity contribution >= 4 is 27.5 Å². The number of hydrogen-bond acceptors (Lipinski definition) is 3. The van der Waals surface area contributed by atoms with Crippen LogP contribution in [0.3, 0.4) is 0 Å². The van der Waals surface area contributed by atoms with E-state index in [0.717, 1.165) is 30.2 Å². The van der Waals surface area contributed by atoms with Crippen LogP contribution in [0, 0.1) is 0 Å². The Morgan fingerprint density at radius 2 is 2.11 bits per heavy atom. The summed E-state index contributed by atoms with van der Waals surface area (Å²) in [4.78, 5) is 14.4. The number of halogens is 1. The summed E-state index contributed by atoms with van der Waals surface area (Å²) in [5.41, 5.74) is 6.89. The summed E-state index contributed by atoms with van der Waals surface area (Å²) in [6.45, 7) is 0.368. The van der Waals surface area contributed by atoms with Gasteiger partial charge in [0.05, 0.1) is 12.2 Å². The van der Waals surface area contributed by atoms with Gasteiger partial charge >= 0.3 is 0 Å². The lowest BCUT2D eigenvalue weighted by Gasteiger charge is -2.28. The van der Waals surface area contributed by atoms with Crippen molar-refractivity contribution < 1.29 is 9.90 Å². The molecule has 0 aliphatic heterocycles. The highest BCUT2D eigenvalue weighted by Gasteiger charge is 2.27. The number of rotatable bonds is 4. The number of amides is 1. The third-order valence-electron chi connectivity index (χ3n) is 3.59. The zero-order valence-corrected chi connectivity index (χ0v) is 12.4. The molecule has 0 spiro atoms. The minimum absolute atomic E-state index is 0.0117. The Labute approximate surface area is 121 Å². The molecule has 4 nitrogen and oxygen atoms in total. The second kappa shape index (κ2) is 6.39. The number of benzene rings is 1. The highest BCUT2D eigenvalue weighted by Crippen LogP contribution is 2.27. The maximum Gasteiger partial charge on any atom is 0.255 e. The normalized spacial score (nSPS) is 15.7. The van der Waals surface area contributed by atoms with E-state index in [0.29, 0.717) is 17.8 Å². The first-order chi connectivity index (χ1) is 9.13. The number of aliphatic hydroxyl groups is 1. The van der Waals surface area contributed by atoms with Gasteiger partial charge in [0.25, 0.3) is 5.91 Å². The molecule has 2 rings (SSSR count). The molecule has 0 bridgehead atoms. The summed E-state index contributed by atoms with van der Waals surface area (Å²) < 4.78 is 0.743. The molecule has 3 N–H and O–H groups in total. The summed E-state index contributed by atoms with van der Waals surface area (Å²) in [5.74, 6) is -0.0554. The van der Waals surface area contributed by atoms with Crippen LogP contribution in [-0.4, -0.2) is 35.1 Å². The number of nitrogens with zero attached hydrogens (tertiary/aromatic N) is 1. The average Bonchev–Trinajstić information content (AvgIpc) is 2.92. The monoisotopic (exact) mass is 326 g/mol. The largest absolute Gasteiger partial charge is 0.399 e. The van der Waals surface area contributed by atoms with Crippen LogP contribution in [0.5, 0.6) is 0 Å². The molecular formula is C14H19BrN2O2. The lowest BCUT2D eigenvalue weighted by atomic mass is 10.1. The number of nitrogens with two attached hydrogens (primary N) is 1. The summed E-state index contributed by atoms with van der Waals surface area (Å²) in [5, 5.41) is 9.19. The minimum Gasteiger partial charge on any atom is -0.399 e. The van der Waals surface area contributed by atoms with E-state index in [4.69, 9.17) is 5.73 Å². The molecule has 5 heteroatoms. The Kier molecular flexibility index (Phi) is 4.82. The first-order valence-corrected chi connectivity index (χ1v) is 7.39. The Balaban J connectivity index is 2.25. The molecule has 0 atom stereocenters. The highest BCUT2D eigenvalue weighted by molar-refractivity contribution is 9.10. The van der Waals surface area contributed by atoms with Crippen LogP contribution in [-0.2, 0) is 0 Å². The Bertz CT molecular complexity index is 459. The molecule has 104 valence electrons.